The van der Waals surface area contributed by atoms with Crippen LogP contribution in [0, 0.1) is 5.92 Å². The normalized spacial score (nSPS) is 19.5. The van der Waals surface area contributed by atoms with Gasteiger partial charge >= 0.3 is 0 Å². The molecule has 1 fully saturated rings. The lowest BCUT2D eigenvalue weighted by atomic mass is 10.0. The number of hydrogen-bond donors (Lipinski definition) is 2. The van der Waals surface area contributed by atoms with E-state index in [-0.39, 0.29) is 5.91 Å². The summed E-state index contributed by atoms with van der Waals surface area (Å²) in [5.41, 5.74) is 0. The zero-order valence-electron chi connectivity index (χ0n) is 10.3. The maximum Gasteiger partial charge on any atom is 0.222 e. The van der Waals surface area contributed by atoms with E-state index in [4.69, 9.17) is 0 Å². The quantitative estimate of drug-likeness (QED) is 0.793. The molecule has 0 aliphatic carbocycles. The van der Waals surface area contributed by atoms with Crippen molar-refractivity contribution in [3.8, 4) is 0 Å². The highest BCUT2D eigenvalue weighted by Crippen LogP contribution is 2.15. The molecule has 0 saturated carbocycles. The Balaban J connectivity index is 1.71. The van der Waals surface area contributed by atoms with E-state index in [0.717, 1.165) is 25.3 Å². The van der Waals surface area contributed by atoms with Gasteiger partial charge in [-0.3, -0.25) is 4.79 Å². The SMILES string of the molecule is CN(Cc1ncc[nH]1)C(=O)CCC1CCNC1. The van der Waals surface area contributed by atoms with Crippen LogP contribution < -0.4 is 5.32 Å². The predicted octanol–water partition coefficient (Wildman–Crippen LogP) is 0.758. The summed E-state index contributed by atoms with van der Waals surface area (Å²) < 4.78 is 0. The van der Waals surface area contributed by atoms with Crippen molar-refractivity contribution in [1.29, 1.82) is 0 Å². The molecule has 2 rings (SSSR count). The van der Waals surface area contributed by atoms with Gasteiger partial charge in [0.25, 0.3) is 0 Å². The Morgan fingerprint density at radius 1 is 1.65 bits per heavy atom. The van der Waals surface area contributed by atoms with Crippen molar-refractivity contribution in [1.82, 2.24) is 20.2 Å². The highest BCUT2D eigenvalue weighted by molar-refractivity contribution is 5.75. The summed E-state index contributed by atoms with van der Waals surface area (Å²) in [6.07, 6.45) is 6.32. The standard InChI is InChI=1S/C12H20N4O/c1-16(9-11-14-6-7-15-11)12(17)3-2-10-4-5-13-8-10/h6-7,10,13H,2-5,8-9H2,1H3,(H,14,15). The molecule has 0 aromatic carbocycles. The van der Waals surface area contributed by atoms with Crippen LogP contribution in [0.5, 0.6) is 0 Å². The van der Waals surface area contributed by atoms with Gasteiger partial charge in [-0.1, -0.05) is 0 Å². The maximum atomic E-state index is 11.9. The first-order chi connectivity index (χ1) is 8.25. The predicted molar refractivity (Wildman–Crippen MR) is 65.3 cm³/mol. The summed E-state index contributed by atoms with van der Waals surface area (Å²) in [5.74, 6) is 1.72. The third-order valence-electron chi connectivity index (χ3n) is 3.30. The van der Waals surface area contributed by atoms with E-state index in [0.29, 0.717) is 18.9 Å². The van der Waals surface area contributed by atoms with Crippen molar-refractivity contribution >= 4 is 5.91 Å². The lowest BCUT2D eigenvalue weighted by Crippen LogP contribution is -2.27. The second-order valence-corrected chi connectivity index (χ2v) is 4.68. The van der Waals surface area contributed by atoms with E-state index in [1.807, 2.05) is 7.05 Å². The summed E-state index contributed by atoms with van der Waals surface area (Å²) in [6, 6.07) is 0. The van der Waals surface area contributed by atoms with Crippen molar-refractivity contribution in [2.45, 2.75) is 25.8 Å². The zero-order chi connectivity index (χ0) is 12.1. The minimum atomic E-state index is 0.202. The van der Waals surface area contributed by atoms with E-state index in [1.54, 1.807) is 17.3 Å². The molecule has 0 spiro atoms. The van der Waals surface area contributed by atoms with Crippen LogP contribution >= 0.6 is 0 Å². The highest BCUT2D eigenvalue weighted by atomic mass is 16.2. The van der Waals surface area contributed by atoms with Crippen LogP contribution in [-0.4, -0.2) is 40.9 Å². The molecule has 1 amide bonds. The van der Waals surface area contributed by atoms with Gasteiger partial charge in [0.1, 0.15) is 5.82 Å². The van der Waals surface area contributed by atoms with Gasteiger partial charge in [-0.05, 0) is 31.8 Å². The van der Waals surface area contributed by atoms with Crippen molar-refractivity contribution in [2.24, 2.45) is 5.92 Å². The van der Waals surface area contributed by atoms with Gasteiger partial charge in [-0.15, -0.1) is 0 Å². The minimum Gasteiger partial charge on any atom is -0.347 e. The molecule has 1 aliphatic rings. The summed E-state index contributed by atoms with van der Waals surface area (Å²) in [5, 5.41) is 3.32. The van der Waals surface area contributed by atoms with Crippen LogP contribution in [0.4, 0.5) is 0 Å². The van der Waals surface area contributed by atoms with E-state index < -0.39 is 0 Å². The number of H-pyrrole nitrogens is 1. The molecule has 2 N–H and O–H groups in total. The molecule has 0 radical (unpaired) electrons. The molecule has 1 atom stereocenters. The van der Waals surface area contributed by atoms with Gasteiger partial charge in [0, 0.05) is 25.9 Å². The molecule has 1 aromatic rings. The fraction of sp³-hybridized carbons (Fsp3) is 0.667. The number of nitrogens with one attached hydrogen (secondary N) is 2. The summed E-state index contributed by atoms with van der Waals surface area (Å²) >= 11 is 0. The van der Waals surface area contributed by atoms with Crippen LogP contribution in [0.1, 0.15) is 25.1 Å². The third-order valence-corrected chi connectivity index (χ3v) is 3.30. The zero-order valence-corrected chi connectivity index (χ0v) is 10.3. The molecule has 0 bridgehead atoms. The molecule has 1 aliphatic heterocycles. The van der Waals surface area contributed by atoms with E-state index in [1.165, 1.54) is 6.42 Å². The molecule has 1 aromatic heterocycles. The number of carbonyl (C=O) groups is 1. The Labute approximate surface area is 102 Å². The molecule has 17 heavy (non-hydrogen) atoms. The Bertz CT molecular complexity index is 343. The van der Waals surface area contributed by atoms with Crippen LogP contribution in [0.3, 0.4) is 0 Å². The van der Waals surface area contributed by atoms with E-state index >= 15 is 0 Å². The molecule has 5 heteroatoms. The topological polar surface area (TPSA) is 61.0 Å². The largest absolute Gasteiger partial charge is 0.347 e. The van der Waals surface area contributed by atoms with Gasteiger partial charge in [0.2, 0.25) is 5.91 Å². The first-order valence-corrected chi connectivity index (χ1v) is 6.18. The average Bonchev–Trinajstić information content (AvgIpc) is 2.98. The first kappa shape index (κ1) is 12.1. The number of hydrogen-bond acceptors (Lipinski definition) is 3. The molecule has 2 heterocycles. The van der Waals surface area contributed by atoms with Crippen LogP contribution in [0.2, 0.25) is 0 Å². The van der Waals surface area contributed by atoms with Gasteiger partial charge in [0.05, 0.1) is 6.54 Å². The molecule has 1 saturated heterocycles. The molecule has 1 unspecified atom stereocenters. The summed E-state index contributed by atoms with van der Waals surface area (Å²) in [4.78, 5) is 20.7. The van der Waals surface area contributed by atoms with E-state index in [2.05, 4.69) is 15.3 Å². The van der Waals surface area contributed by atoms with Crippen molar-refractivity contribution in [3.63, 3.8) is 0 Å². The van der Waals surface area contributed by atoms with Crippen LogP contribution in [0.15, 0.2) is 12.4 Å². The lowest BCUT2D eigenvalue weighted by Gasteiger charge is -2.16. The smallest absolute Gasteiger partial charge is 0.222 e. The molecular weight excluding hydrogens is 216 g/mol. The number of nitrogens with zero attached hydrogens (tertiary/aromatic N) is 2. The van der Waals surface area contributed by atoms with Crippen molar-refractivity contribution in [3.05, 3.63) is 18.2 Å². The second-order valence-electron chi connectivity index (χ2n) is 4.68. The molecule has 5 nitrogen and oxygen atoms in total. The fourth-order valence-electron chi connectivity index (χ4n) is 2.18. The molecule has 94 valence electrons. The number of rotatable bonds is 5. The molecular formula is C12H20N4O. The lowest BCUT2D eigenvalue weighted by molar-refractivity contribution is -0.130. The average molecular weight is 236 g/mol. The number of aromatic nitrogens is 2. The third kappa shape index (κ3) is 3.56. The fourth-order valence-corrected chi connectivity index (χ4v) is 2.18. The highest BCUT2D eigenvalue weighted by Gasteiger charge is 2.17. The first-order valence-electron chi connectivity index (χ1n) is 6.18. The monoisotopic (exact) mass is 236 g/mol. The number of aromatic amines is 1. The Morgan fingerprint density at radius 3 is 3.18 bits per heavy atom. The van der Waals surface area contributed by atoms with Gasteiger partial charge in [-0.2, -0.15) is 0 Å². The second kappa shape index (κ2) is 5.82. The number of amides is 1. The Morgan fingerprint density at radius 2 is 2.53 bits per heavy atom. The van der Waals surface area contributed by atoms with Gasteiger partial charge in [-0.25, -0.2) is 4.98 Å². The van der Waals surface area contributed by atoms with Crippen molar-refractivity contribution < 1.29 is 4.79 Å². The number of carbonyl (C=O) groups excluding carboxylic acids is 1. The van der Waals surface area contributed by atoms with Crippen LogP contribution in [-0.2, 0) is 11.3 Å². The summed E-state index contributed by atoms with van der Waals surface area (Å²) in [7, 11) is 1.83. The Hall–Kier alpha value is -1.36. The minimum absolute atomic E-state index is 0.202. The van der Waals surface area contributed by atoms with Gasteiger partial charge < -0.3 is 15.2 Å². The van der Waals surface area contributed by atoms with Gasteiger partial charge in [0.15, 0.2) is 0 Å². The summed E-state index contributed by atoms with van der Waals surface area (Å²) in [6.45, 7) is 2.73. The maximum absolute atomic E-state index is 11.9. The Kier molecular flexibility index (Phi) is 4.14. The van der Waals surface area contributed by atoms with Crippen molar-refractivity contribution in [2.75, 3.05) is 20.1 Å². The van der Waals surface area contributed by atoms with Crippen LogP contribution in [0.25, 0.3) is 0 Å². The number of imidazole rings is 1. The van der Waals surface area contributed by atoms with E-state index in [9.17, 15) is 4.79 Å².